The number of imidazole rings is 1. The number of hydrogen-bond donors (Lipinski definition) is 1. The van der Waals surface area contributed by atoms with Gasteiger partial charge in [-0.1, -0.05) is 55.0 Å². The molecule has 7 nitrogen and oxygen atoms in total. The third-order valence-electron chi connectivity index (χ3n) is 7.23. The molecule has 0 spiro atoms. The first-order chi connectivity index (χ1) is 19.1. The lowest BCUT2D eigenvalue weighted by atomic mass is 10.2. The number of anilines is 3. The van der Waals surface area contributed by atoms with E-state index in [9.17, 15) is 4.39 Å². The van der Waals surface area contributed by atoms with Crippen molar-refractivity contribution in [3.8, 4) is 22.0 Å². The Bertz CT molecular complexity index is 1550. The fourth-order valence-corrected chi connectivity index (χ4v) is 5.78. The number of nitrogens with one attached hydrogen (secondary N) is 1. The minimum atomic E-state index is -0.245. The highest BCUT2D eigenvalue weighted by Crippen LogP contribution is 2.37. The minimum Gasteiger partial charge on any atom is -0.367 e. The Morgan fingerprint density at radius 1 is 0.923 bits per heavy atom. The summed E-state index contributed by atoms with van der Waals surface area (Å²) in [5, 5.41) is 14.1. The van der Waals surface area contributed by atoms with E-state index in [1.807, 2.05) is 42.5 Å². The number of aryl methyl sites for hydroxylation is 1. The average Bonchev–Trinajstić information content (AvgIpc) is 3.57. The van der Waals surface area contributed by atoms with Crippen LogP contribution >= 0.6 is 11.3 Å². The number of rotatable bonds is 8. The number of hydrogen-bond acceptors (Lipinski definition) is 7. The van der Waals surface area contributed by atoms with Crippen molar-refractivity contribution in [1.29, 1.82) is 0 Å². The molecular formula is C30H32FN7S. The van der Waals surface area contributed by atoms with Gasteiger partial charge in [-0.25, -0.2) is 9.37 Å². The summed E-state index contributed by atoms with van der Waals surface area (Å²) in [7, 11) is 2.17. The van der Waals surface area contributed by atoms with E-state index >= 15 is 0 Å². The summed E-state index contributed by atoms with van der Waals surface area (Å²) in [6.07, 6.45) is 2.12. The largest absolute Gasteiger partial charge is 0.367 e. The monoisotopic (exact) mass is 541 g/mol. The van der Waals surface area contributed by atoms with Crippen LogP contribution in [0.25, 0.3) is 33.0 Å². The van der Waals surface area contributed by atoms with Crippen LogP contribution in [-0.2, 0) is 6.54 Å². The molecule has 3 aromatic carbocycles. The lowest BCUT2D eigenvalue weighted by Gasteiger charge is -2.35. The number of halogens is 1. The van der Waals surface area contributed by atoms with E-state index in [4.69, 9.17) is 4.98 Å². The Balaban J connectivity index is 1.44. The van der Waals surface area contributed by atoms with E-state index in [0.29, 0.717) is 0 Å². The van der Waals surface area contributed by atoms with Crippen molar-refractivity contribution in [2.45, 2.75) is 26.3 Å². The van der Waals surface area contributed by atoms with Gasteiger partial charge in [0.1, 0.15) is 16.6 Å². The summed E-state index contributed by atoms with van der Waals surface area (Å²) >= 11 is 1.54. The molecule has 6 rings (SSSR count). The van der Waals surface area contributed by atoms with E-state index in [1.54, 1.807) is 0 Å². The maximum atomic E-state index is 13.7. The number of likely N-dealkylation sites (N-methyl/N-ethyl adjacent to an activating group) is 1. The smallest absolute Gasteiger partial charge is 0.210 e. The van der Waals surface area contributed by atoms with Crippen LogP contribution in [0.15, 0.2) is 66.7 Å². The maximum Gasteiger partial charge on any atom is 0.210 e. The maximum absolute atomic E-state index is 13.7. The number of fused-ring (bicyclic) bond motifs is 1. The van der Waals surface area contributed by atoms with E-state index < -0.39 is 0 Å². The topological polar surface area (TPSA) is 62.1 Å². The van der Waals surface area contributed by atoms with E-state index in [0.717, 1.165) is 95.1 Å². The minimum absolute atomic E-state index is 0.245. The second kappa shape index (κ2) is 11.1. The number of unbranched alkanes of at least 4 members (excludes halogenated alkanes) is 1. The molecule has 0 radical (unpaired) electrons. The Morgan fingerprint density at radius 3 is 2.44 bits per heavy atom. The van der Waals surface area contributed by atoms with Gasteiger partial charge in [0.15, 0.2) is 0 Å². The Morgan fingerprint density at radius 2 is 1.69 bits per heavy atom. The zero-order chi connectivity index (χ0) is 26.8. The van der Waals surface area contributed by atoms with Crippen LogP contribution in [0.4, 0.5) is 20.9 Å². The normalized spacial score (nSPS) is 14.3. The highest BCUT2D eigenvalue weighted by atomic mass is 32.1. The van der Waals surface area contributed by atoms with Gasteiger partial charge in [0, 0.05) is 43.9 Å². The molecule has 200 valence electrons. The number of piperazine rings is 1. The van der Waals surface area contributed by atoms with Gasteiger partial charge in [0.05, 0.1) is 22.4 Å². The molecule has 3 heterocycles. The Kier molecular flexibility index (Phi) is 7.26. The fourth-order valence-electron chi connectivity index (χ4n) is 5.02. The SMILES string of the molecule is CCCCn1c(-c2ccc(F)cc2)nc2cc(Nc3nnc(-c4ccccc4)s3)c(N3CCN(C)CC3)cc21. The van der Waals surface area contributed by atoms with Crippen molar-refractivity contribution in [3.05, 3.63) is 72.5 Å². The third-order valence-corrected chi connectivity index (χ3v) is 8.12. The molecule has 1 aliphatic heterocycles. The molecule has 1 N–H and O–H groups in total. The first-order valence-corrected chi connectivity index (χ1v) is 14.3. The molecule has 39 heavy (non-hydrogen) atoms. The number of nitrogens with zero attached hydrogens (tertiary/aromatic N) is 6. The van der Waals surface area contributed by atoms with Crippen LogP contribution in [-0.4, -0.2) is 57.9 Å². The van der Waals surface area contributed by atoms with Gasteiger partial charge >= 0.3 is 0 Å². The summed E-state index contributed by atoms with van der Waals surface area (Å²) in [6, 6.07) is 21.1. The Labute approximate surface area is 231 Å². The molecule has 0 bridgehead atoms. The molecule has 2 aromatic heterocycles. The van der Waals surface area contributed by atoms with Crippen molar-refractivity contribution in [2.75, 3.05) is 43.4 Å². The van der Waals surface area contributed by atoms with Crippen molar-refractivity contribution in [3.63, 3.8) is 0 Å². The van der Waals surface area contributed by atoms with Gasteiger partial charge < -0.3 is 19.7 Å². The van der Waals surface area contributed by atoms with E-state index in [1.165, 1.54) is 23.5 Å². The predicted octanol–water partition coefficient (Wildman–Crippen LogP) is 6.66. The summed E-state index contributed by atoms with van der Waals surface area (Å²) in [5.41, 5.74) is 6.06. The molecule has 9 heteroatoms. The number of benzene rings is 3. The van der Waals surface area contributed by atoms with Gasteiger partial charge in [-0.2, -0.15) is 0 Å². The predicted molar refractivity (Wildman–Crippen MR) is 158 cm³/mol. The zero-order valence-corrected chi connectivity index (χ0v) is 23.1. The van der Waals surface area contributed by atoms with Crippen LogP contribution in [0.5, 0.6) is 0 Å². The van der Waals surface area contributed by atoms with Crippen LogP contribution in [0.2, 0.25) is 0 Å². The van der Waals surface area contributed by atoms with Crippen LogP contribution in [0.3, 0.4) is 0 Å². The van der Waals surface area contributed by atoms with E-state index in [-0.39, 0.29) is 5.82 Å². The quantitative estimate of drug-likeness (QED) is 0.237. The molecule has 5 aromatic rings. The third kappa shape index (κ3) is 5.37. The second-order valence-corrected chi connectivity index (χ2v) is 11.0. The van der Waals surface area contributed by atoms with Gasteiger partial charge in [0.2, 0.25) is 5.13 Å². The van der Waals surface area contributed by atoms with Crippen LogP contribution in [0.1, 0.15) is 19.8 Å². The highest BCUT2D eigenvalue weighted by molar-refractivity contribution is 7.18. The first-order valence-electron chi connectivity index (χ1n) is 13.5. The second-order valence-electron chi connectivity index (χ2n) is 10.00. The van der Waals surface area contributed by atoms with Crippen molar-refractivity contribution >= 4 is 38.9 Å². The summed E-state index contributed by atoms with van der Waals surface area (Å²) in [5.74, 6) is 0.618. The van der Waals surface area contributed by atoms with Crippen molar-refractivity contribution in [2.24, 2.45) is 0 Å². The number of aromatic nitrogens is 4. The van der Waals surface area contributed by atoms with Gasteiger partial charge in [-0.05, 0) is 49.9 Å². The molecule has 1 fully saturated rings. The average molecular weight is 542 g/mol. The molecule has 0 aliphatic carbocycles. The first kappa shape index (κ1) is 25.5. The fraction of sp³-hybridized carbons (Fsp3) is 0.300. The highest BCUT2D eigenvalue weighted by Gasteiger charge is 2.22. The summed E-state index contributed by atoms with van der Waals surface area (Å²) < 4.78 is 16.0. The molecule has 0 amide bonds. The van der Waals surface area contributed by atoms with Crippen LogP contribution < -0.4 is 10.2 Å². The van der Waals surface area contributed by atoms with Gasteiger partial charge in [0.25, 0.3) is 0 Å². The van der Waals surface area contributed by atoms with Gasteiger partial charge in [-0.15, -0.1) is 10.2 Å². The van der Waals surface area contributed by atoms with Gasteiger partial charge in [-0.3, -0.25) is 0 Å². The molecule has 0 saturated carbocycles. The molecule has 0 atom stereocenters. The Hall–Kier alpha value is -3.82. The lowest BCUT2D eigenvalue weighted by molar-refractivity contribution is 0.313. The molecule has 0 unspecified atom stereocenters. The van der Waals surface area contributed by atoms with Crippen molar-refractivity contribution in [1.82, 2.24) is 24.6 Å². The summed E-state index contributed by atoms with van der Waals surface area (Å²) in [4.78, 5) is 9.86. The molecule has 1 aliphatic rings. The molecular weight excluding hydrogens is 509 g/mol. The standard InChI is InChI=1S/C30H32FN7S/c1-3-4-14-38-27-20-26(37-17-15-36(2)16-18-37)24(19-25(27)32-28(38)21-10-12-23(31)13-11-21)33-30-35-34-29(39-30)22-8-6-5-7-9-22/h5-13,19-20H,3-4,14-18H2,1-2H3,(H,33,35). The summed E-state index contributed by atoms with van der Waals surface area (Å²) in [6.45, 7) is 6.94. The lowest BCUT2D eigenvalue weighted by Crippen LogP contribution is -2.44. The molecule has 1 saturated heterocycles. The zero-order valence-electron chi connectivity index (χ0n) is 22.3. The van der Waals surface area contributed by atoms with Crippen molar-refractivity contribution < 1.29 is 4.39 Å². The van der Waals surface area contributed by atoms with Crippen LogP contribution in [0, 0.1) is 5.82 Å². The van der Waals surface area contributed by atoms with E-state index in [2.05, 4.69) is 56.0 Å².